The summed E-state index contributed by atoms with van der Waals surface area (Å²) in [7, 11) is 0. The van der Waals surface area contributed by atoms with Gasteiger partial charge < -0.3 is 30.1 Å². The number of ether oxygens (including phenoxy) is 1. The Labute approximate surface area is 192 Å². The minimum absolute atomic E-state index is 0.000641. The second kappa shape index (κ2) is 9.62. The van der Waals surface area contributed by atoms with Crippen LogP contribution in [0.4, 0.5) is 10.1 Å². The van der Waals surface area contributed by atoms with Crippen molar-refractivity contribution < 1.29 is 29.6 Å². The lowest BCUT2D eigenvalue weighted by Gasteiger charge is -2.37. The Morgan fingerprint density at radius 1 is 0.970 bits per heavy atom. The Hall–Kier alpha value is -2.75. The second-order valence-corrected chi connectivity index (χ2v) is 8.86. The van der Waals surface area contributed by atoms with Crippen LogP contribution in [0.5, 0.6) is 17.5 Å². The van der Waals surface area contributed by atoms with Gasteiger partial charge >= 0.3 is 0 Å². The Morgan fingerprint density at radius 2 is 1.58 bits per heavy atom. The highest BCUT2D eigenvalue weighted by Gasteiger charge is 2.32. The first-order valence-electron chi connectivity index (χ1n) is 11.4. The fourth-order valence-corrected chi connectivity index (χ4v) is 4.59. The maximum absolute atomic E-state index is 13.9. The van der Waals surface area contributed by atoms with E-state index in [0.29, 0.717) is 18.7 Å². The zero-order valence-corrected chi connectivity index (χ0v) is 19.0. The molecule has 2 unspecified atom stereocenters. The minimum atomic E-state index is -1.06. The second-order valence-electron chi connectivity index (χ2n) is 8.86. The SMILES string of the molecule is CC(C)Oc1ccc(F)cc1N1CCN(CCCn2c(O)c3c(c2O)C(O)C=CC3O)CC1. The molecule has 2 heterocycles. The smallest absolute Gasteiger partial charge is 0.200 e. The molecule has 2 atom stereocenters. The van der Waals surface area contributed by atoms with Crippen molar-refractivity contribution in [3.8, 4) is 17.5 Å². The van der Waals surface area contributed by atoms with Gasteiger partial charge in [-0.05, 0) is 38.9 Å². The molecule has 0 radical (unpaired) electrons. The van der Waals surface area contributed by atoms with Gasteiger partial charge in [0, 0.05) is 38.8 Å². The molecule has 1 aliphatic carbocycles. The average molecular weight is 462 g/mol. The van der Waals surface area contributed by atoms with E-state index in [0.717, 1.165) is 38.4 Å². The molecule has 180 valence electrons. The standard InChI is InChI=1S/C24H32FN3O5/c1-15(2)33-20-7-4-16(25)14-17(20)27-12-10-26(11-13-27)8-3-9-28-23(31)21-18(29)5-6-19(30)22(21)24(28)32/h4-7,14-15,18-19,29-32H,3,8-13H2,1-2H3. The Morgan fingerprint density at radius 3 is 2.15 bits per heavy atom. The third kappa shape index (κ3) is 4.80. The molecule has 0 saturated carbocycles. The number of hydrogen-bond donors (Lipinski definition) is 4. The molecule has 33 heavy (non-hydrogen) atoms. The quantitative estimate of drug-likeness (QED) is 0.470. The molecule has 0 amide bonds. The number of anilines is 1. The van der Waals surface area contributed by atoms with Crippen molar-refractivity contribution in [2.45, 2.75) is 45.1 Å². The largest absolute Gasteiger partial charge is 0.494 e. The molecule has 4 N–H and O–H groups in total. The van der Waals surface area contributed by atoms with Crippen LogP contribution in [0.3, 0.4) is 0 Å². The number of fused-ring (bicyclic) bond motifs is 1. The number of piperazine rings is 1. The number of benzene rings is 1. The zero-order valence-electron chi connectivity index (χ0n) is 19.0. The van der Waals surface area contributed by atoms with Gasteiger partial charge in [-0.2, -0.15) is 0 Å². The first kappa shape index (κ1) is 23.4. The summed E-state index contributed by atoms with van der Waals surface area (Å²) in [5.74, 6) is -0.0386. The summed E-state index contributed by atoms with van der Waals surface area (Å²) in [6.45, 7) is 8.03. The molecule has 2 aliphatic rings. The van der Waals surface area contributed by atoms with Crippen LogP contribution in [-0.2, 0) is 6.54 Å². The number of aliphatic hydroxyl groups is 2. The summed E-state index contributed by atoms with van der Waals surface area (Å²) in [5, 5.41) is 41.2. The molecular formula is C24H32FN3O5. The monoisotopic (exact) mass is 461 g/mol. The Kier molecular flexibility index (Phi) is 6.83. The summed E-state index contributed by atoms with van der Waals surface area (Å²) >= 11 is 0. The lowest BCUT2D eigenvalue weighted by atomic mass is 9.96. The maximum Gasteiger partial charge on any atom is 0.200 e. The molecule has 2 aromatic rings. The number of halogens is 1. The van der Waals surface area contributed by atoms with Crippen molar-refractivity contribution in [2.24, 2.45) is 0 Å². The topological polar surface area (TPSA) is 102 Å². The molecule has 1 aliphatic heterocycles. The van der Waals surface area contributed by atoms with Gasteiger partial charge in [-0.1, -0.05) is 12.2 Å². The van der Waals surface area contributed by atoms with Crippen molar-refractivity contribution in [2.75, 3.05) is 37.6 Å². The predicted octanol–water partition coefficient (Wildman–Crippen LogP) is 2.67. The highest BCUT2D eigenvalue weighted by atomic mass is 19.1. The summed E-state index contributed by atoms with van der Waals surface area (Å²) in [6, 6.07) is 4.61. The number of rotatable bonds is 7. The van der Waals surface area contributed by atoms with Crippen molar-refractivity contribution in [1.29, 1.82) is 0 Å². The molecule has 4 rings (SSSR count). The first-order chi connectivity index (χ1) is 15.8. The molecule has 9 heteroatoms. The number of hydrogen-bond acceptors (Lipinski definition) is 7. The maximum atomic E-state index is 13.9. The third-order valence-corrected chi connectivity index (χ3v) is 6.20. The van der Waals surface area contributed by atoms with Crippen LogP contribution in [-0.4, -0.2) is 68.7 Å². The van der Waals surface area contributed by atoms with Gasteiger partial charge in [-0.15, -0.1) is 0 Å². The van der Waals surface area contributed by atoms with Gasteiger partial charge in [0.05, 0.1) is 22.9 Å². The summed E-state index contributed by atoms with van der Waals surface area (Å²) in [5.41, 5.74) is 1.08. The van der Waals surface area contributed by atoms with E-state index in [-0.39, 0.29) is 34.8 Å². The highest BCUT2D eigenvalue weighted by molar-refractivity contribution is 5.59. The van der Waals surface area contributed by atoms with Crippen molar-refractivity contribution >= 4 is 5.69 Å². The van der Waals surface area contributed by atoms with Gasteiger partial charge in [-0.25, -0.2) is 4.39 Å². The fraction of sp³-hybridized carbons (Fsp3) is 0.500. The average Bonchev–Trinajstić information content (AvgIpc) is 3.04. The molecular weight excluding hydrogens is 429 g/mol. The van der Waals surface area contributed by atoms with Gasteiger partial charge in [-0.3, -0.25) is 9.47 Å². The number of aromatic nitrogens is 1. The van der Waals surface area contributed by atoms with Crippen molar-refractivity contribution in [3.05, 3.63) is 47.3 Å². The van der Waals surface area contributed by atoms with Crippen LogP contribution in [0.1, 0.15) is 43.6 Å². The molecule has 1 aromatic carbocycles. The van der Waals surface area contributed by atoms with E-state index in [1.54, 1.807) is 6.07 Å². The van der Waals surface area contributed by atoms with Crippen LogP contribution in [0.15, 0.2) is 30.4 Å². The van der Waals surface area contributed by atoms with Crippen LogP contribution in [0.2, 0.25) is 0 Å². The Balaban J connectivity index is 1.34. The van der Waals surface area contributed by atoms with Gasteiger partial charge in [0.1, 0.15) is 23.8 Å². The van der Waals surface area contributed by atoms with Crippen molar-refractivity contribution in [1.82, 2.24) is 9.47 Å². The zero-order chi connectivity index (χ0) is 23.7. The number of aromatic hydroxyl groups is 2. The predicted molar refractivity (Wildman–Crippen MR) is 122 cm³/mol. The third-order valence-electron chi connectivity index (χ3n) is 6.20. The van der Waals surface area contributed by atoms with E-state index in [4.69, 9.17) is 4.74 Å². The fourth-order valence-electron chi connectivity index (χ4n) is 4.59. The molecule has 1 aromatic heterocycles. The minimum Gasteiger partial charge on any atom is -0.494 e. The summed E-state index contributed by atoms with van der Waals surface area (Å²) < 4.78 is 21.1. The Bertz CT molecular complexity index is 979. The van der Waals surface area contributed by atoms with Crippen LogP contribution >= 0.6 is 0 Å². The van der Waals surface area contributed by atoms with Crippen LogP contribution < -0.4 is 9.64 Å². The van der Waals surface area contributed by atoms with Gasteiger partial charge in [0.25, 0.3) is 0 Å². The normalized spacial score (nSPS) is 21.0. The van der Waals surface area contributed by atoms with Crippen molar-refractivity contribution in [3.63, 3.8) is 0 Å². The van der Waals surface area contributed by atoms with E-state index in [9.17, 15) is 24.8 Å². The summed E-state index contributed by atoms with van der Waals surface area (Å²) in [4.78, 5) is 4.41. The molecule has 1 fully saturated rings. The molecule has 1 saturated heterocycles. The highest BCUT2D eigenvalue weighted by Crippen LogP contribution is 2.44. The van der Waals surface area contributed by atoms with Gasteiger partial charge in [0.15, 0.2) is 0 Å². The van der Waals surface area contributed by atoms with E-state index in [1.807, 2.05) is 13.8 Å². The van der Waals surface area contributed by atoms with E-state index in [2.05, 4.69) is 9.80 Å². The number of nitrogens with zero attached hydrogens (tertiary/aromatic N) is 3. The van der Waals surface area contributed by atoms with Gasteiger partial charge in [0.2, 0.25) is 11.8 Å². The number of aliphatic hydroxyl groups excluding tert-OH is 2. The lowest BCUT2D eigenvalue weighted by molar-refractivity contribution is 0.184. The molecule has 0 bridgehead atoms. The first-order valence-corrected chi connectivity index (χ1v) is 11.4. The molecule has 8 nitrogen and oxygen atoms in total. The van der Waals surface area contributed by atoms with E-state index in [1.165, 1.54) is 28.9 Å². The summed E-state index contributed by atoms with van der Waals surface area (Å²) in [6.07, 6.45) is 1.33. The lowest BCUT2D eigenvalue weighted by Crippen LogP contribution is -2.47. The van der Waals surface area contributed by atoms with E-state index >= 15 is 0 Å². The molecule has 0 spiro atoms. The van der Waals surface area contributed by atoms with E-state index < -0.39 is 12.2 Å². The van der Waals surface area contributed by atoms with Crippen LogP contribution in [0.25, 0.3) is 0 Å². The van der Waals surface area contributed by atoms with Crippen LogP contribution in [0, 0.1) is 5.82 Å².